The van der Waals surface area contributed by atoms with Gasteiger partial charge in [-0.25, -0.2) is 0 Å². The average Bonchev–Trinajstić information content (AvgIpc) is 2.55. The van der Waals surface area contributed by atoms with Gasteiger partial charge in [0, 0.05) is 21.7 Å². The van der Waals surface area contributed by atoms with Gasteiger partial charge in [-0.1, -0.05) is 42.6 Å². The molecule has 0 atom stereocenters. The molecule has 0 bridgehead atoms. The number of hydrogen-bond acceptors (Lipinski definition) is 4. The molecule has 1 aromatic heterocycles. The van der Waals surface area contributed by atoms with Crippen LogP contribution < -0.4 is 5.73 Å². The monoisotopic (exact) mass is 301 g/mol. The predicted molar refractivity (Wildman–Crippen MR) is 87.0 cm³/mol. The van der Waals surface area contributed by atoms with Crippen LogP contribution in [-0.2, 0) is 0 Å². The molecule has 0 saturated heterocycles. The van der Waals surface area contributed by atoms with E-state index in [2.05, 4.69) is 16.2 Å². The summed E-state index contributed by atoms with van der Waals surface area (Å²) in [6, 6.07) is 8.04. The van der Waals surface area contributed by atoms with Crippen molar-refractivity contribution in [3.05, 3.63) is 36.0 Å². The Kier molecular flexibility index (Phi) is 4.29. The molecule has 1 aromatic carbocycles. The summed E-state index contributed by atoms with van der Waals surface area (Å²) in [6.45, 7) is 0. The van der Waals surface area contributed by atoms with Crippen LogP contribution >= 0.6 is 11.8 Å². The molecule has 2 aromatic rings. The summed E-state index contributed by atoms with van der Waals surface area (Å²) in [5.41, 5.74) is 7.52. The van der Waals surface area contributed by atoms with E-state index < -0.39 is 0 Å². The molecule has 0 amide bonds. The molecular weight excluding hydrogens is 282 g/mol. The predicted octanol–water partition coefficient (Wildman–Crippen LogP) is 3.75. The van der Waals surface area contributed by atoms with Crippen LogP contribution in [0.2, 0.25) is 0 Å². The summed E-state index contributed by atoms with van der Waals surface area (Å²) in [6.07, 6.45) is 8.09. The van der Waals surface area contributed by atoms with Gasteiger partial charge >= 0.3 is 0 Å². The molecular formula is C16H19N3OS. The molecule has 110 valence electrons. The van der Waals surface area contributed by atoms with Crippen LogP contribution in [0.5, 0.6) is 0 Å². The van der Waals surface area contributed by atoms with Gasteiger partial charge in [-0.15, -0.1) is 11.8 Å². The second-order valence-electron chi connectivity index (χ2n) is 5.38. The number of amidine groups is 1. The van der Waals surface area contributed by atoms with Crippen molar-refractivity contribution in [3.8, 4) is 0 Å². The van der Waals surface area contributed by atoms with Crippen molar-refractivity contribution in [1.82, 2.24) is 4.98 Å². The van der Waals surface area contributed by atoms with Gasteiger partial charge in [-0.2, -0.15) is 0 Å². The first-order valence-corrected chi connectivity index (χ1v) is 8.20. The lowest BCUT2D eigenvalue weighted by Gasteiger charge is -2.22. The highest BCUT2D eigenvalue weighted by Gasteiger charge is 2.19. The van der Waals surface area contributed by atoms with Crippen LogP contribution in [0.15, 0.2) is 40.5 Å². The summed E-state index contributed by atoms with van der Waals surface area (Å²) >= 11 is 1.85. The zero-order chi connectivity index (χ0) is 14.7. The summed E-state index contributed by atoms with van der Waals surface area (Å²) in [5.74, 6) is 0.131. The van der Waals surface area contributed by atoms with Crippen LogP contribution in [0, 0.1) is 0 Å². The van der Waals surface area contributed by atoms with Gasteiger partial charge in [0.1, 0.15) is 0 Å². The third kappa shape index (κ3) is 2.97. The SMILES string of the molecule is N/C(=N\O)c1cnc2ccccc2c1SC1CCCCC1. The Hall–Kier alpha value is -1.75. The maximum atomic E-state index is 9.02. The number of aromatic nitrogens is 1. The van der Waals surface area contributed by atoms with Crippen molar-refractivity contribution >= 4 is 28.5 Å². The van der Waals surface area contributed by atoms with Gasteiger partial charge in [-0.3, -0.25) is 4.98 Å². The normalized spacial score (nSPS) is 17.2. The van der Waals surface area contributed by atoms with E-state index in [4.69, 9.17) is 10.9 Å². The second kappa shape index (κ2) is 6.35. The first kappa shape index (κ1) is 14.2. The van der Waals surface area contributed by atoms with E-state index >= 15 is 0 Å². The van der Waals surface area contributed by atoms with Gasteiger partial charge < -0.3 is 10.9 Å². The van der Waals surface area contributed by atoms with E-state index in [1.807, 2.05) is 30.0 Å². The quantitative estimate of drug-likeness (QED) is 0.392. The lowest BCUT2D eigenvalue weighted by atomic mass is 10.0. The molecule has 1 heterocycles. The van der Waals surface area contributed by atoms with Gasteiger partial charge in [-0.05, 0) is 18.9 Å². The minimum Gasteiger partial charge on any atom is -0.409 e. The Morgan fingerprint density at radius 1 is 1.24 bits per heavy atom. The number of fused-ring (bicyclic) bond motifs is 1. The third-order valence-corrected chi connectivity index (χ3v) is 5.43. The Morgan fingerprint density at radius 3 is 2.76 bits per heavy atom. The van der Waals surface area contributed by atoms with E-state index in [1.54, 1.807) is 6.20 Å². The Labute approximate surface area is 128 Å². The highest BCUT2D eigenvalue weighted by atomic mass is 32.2. The maximum Gasteiger partial charge on any atom is 0.172 e. The van der Waals surface area contributed by atoms with Crippen LogP contribution in [-0.4, -0.2) is 21.3 Å². The van der Waals surface area contributed by atoms with Gasteiger partial charge in [0.2, 0.25) is 0 Å². The van der Waals surface area contributed by atoms with Crippen molar-refractivity contribution in [2.24, 2.45) is 10.9 Å². The summed E-state index contributed by atoms with van der Waals surface area (Å²) in [5, 5.41) is 13.9. The van der Waals surface area contributed by atoms with Crippen LogP contribution in [0.25, 0.3) is 10.9 Å². The summed E-state index contributed by atoms with van der Waals surface area (Å²) < 4.78 is 0. The number of pyridine rings is 1. The van der Waals surface area contributed by atoms with Crippen molar-refractivity contribution in [2.45, 2.75) is 42.2 Å². The minimum atomic E-state index is 0.131. The molecule has 21 heavy (non-hydrogen) atoms. The average molecular weight is 301 g/mol. The Balaban J connectivity index is 2.06. The zero-order valence-electron chi connectivity index (χ0n) is 11.8. The molecule has 5 heteroatoms. The molecule has 3 N–H and O–H groups in total. The number of nitrogens with zero attached hydrogens (tertiary/aromatic N) is 2. The number of rotatable bonds is 3. The fraction of sp³-hybridized carbons (Fsp3) is 0.375. The first-order valence-electron chi connectivity index (χ1n) is 7.32. The van der Waals surface area contributed by atoms with Crippen molar-refractivity contribution in [2.75, 3.05) is 0 Å². The summed E-state index contributed by atoms with van der Waals surface area (Å²) in [7, 11) is 0. The molecule has 4 nitrogen and oxygen atoms in total. The van der Waals surface area contributed by atoms with E-state index in [-0.39, 0.29) is 5.84 Å². The highest BCUT2D eigenvalue weighted by Crippen LogP contribution is 2.38. The van der Waals surface area contributed by atoms with E-state index in [0.29, 0.717) is 5.25 Å². The zero-order valence-corrected chi connectivity index (χ0v) is 12.6. The van der Waals surface area contributed by atoms with E-state index in [0.717, 1.165) is 21.4 Å². The molecule has 1 aliphatic carbocycles. The topological polar surface area (TPSA) is 71.5 Å². The maximum absolute atomic E-state index is 9.02. The smallest absolute Gasteiger partial charge is 0.172 e. The van der Waals surface area contributed by atoms with Crippen molar-refractivity contribution in [3.63, 3.8) is 0 Å². The second-order valence-corrected chi connectivity index (χ2v) is 6.69. The minimum absolute atomic E-state index is 0.131. The van der Waals surface area contributed by atoms with Crippen LogP contribution in [0.3, 0.4) is 0 Å². The standard InChI is InChI=1S/C16H19N3OS/c17-16(19-20)13-10-18-14-9-5-4-8-12(14)15(13)21-11-6-2-1-3-7-11/h4-5,8-11,20H,1-3,6-7H2,(H2,17,19). The molecule has 1 saturated carbocycles. The van der Waals surface area contributed by atoms with Gasteiger partial charge in [0.25, 0.3) is 0 Å². The van der Waals surface area contributed by atoms with Crippen LogP contribution in [0.4, 0.5) is 0 Å². The molecule has 0 aliphatic heterocycles. The Bertz CT molecular complexity index is 666. The number of oxime groups is 1. The van der Waals surface area contributed by atoms with Gasteiger partial charge in [0.15, 0.2) is 5.84 Å². The largest absolute Gasteiger partial charge is 0.409 e. The molecule has 1 aliphatic rings. The molecule has 1 fully saturated rings. The molecule has 3 rings (SSSR count). The fourth-order valence-corrected chi connectivity index (χ4v) is 4.32. The first-order chi connectivity index (χ1) is 10.3. The number of hydrogen-bond donors (Lipinski definition) is 2. The number of thioether (sulfide) groups is 1. The summed E-state index contributed by atoms with van der Waals surface area (Å²) in [4.78, 5) is 5.50. The van der Waals surface area contributed by atoms with Crippen LogP contribution in [0.1, 0.15) is 37.7 Å². The highest BCUT2D eigenvalue weighted by molar-refractivity contribution is 8.00. The molecule has 0 spiro atoms. The molecule has 0 radical (unpaired) electrons. The Morgan fingerprint density at radius 2 is 2.00 bits per heavy atom. The fourth-order valence-electron chi connectivity index (χ4n) is 2.83. The van der Waals surface area contributed by atoms with E-state index in [9.17, 15) is 0 Å². The van der Waals surface area contributed by atoms with Gasteiger partial charge in [0.05, 0.1) is 11.1 Å². The van der Waals surface area contributed by atoms with E-state index in [1.165, 1.54) is 32.1 Å². The number of nitrogens with two attached hydrogens (primary N) is 1. The third-order valence-electron chi connectivity index (χ3n) is 3.95. The lowest BCUT2D eigenvalue weighted by Crippen LogP contribution is -2.16. The number of benzene rings is 1. The molecule has 0 unspecified atom stereocenters. The lowest BCUT2D eigenvalue weighted by molar-refractivity contribution is 0.318. The van der Waals surface area contributed by atoms with Crippen molar-refractivity contribution < 1.29 is 5.21 Å². The number of para-hydroxylation sites is 1. The van der Waals surface area contributed by atoms with Crippen molar-refractivity contribution in [1.29, 1.82) is 0 Å².